The van der Waals surface area contributed by atoms with E-state index in [1.807, 2.05) is 14.1 Å². The van der Waals surface area contributed by atoms with Gasteiger partial charge >= 0.3 is 0 Å². The number of benzene rings is 1. The van der Waals surface area contributed by atoms with Crippen molar-refractivity contribution >= 4 is 33.2 Å². The summed E-state index contributed by atoms with van der Waals surface area (Å²) in [5.41, 5.74) is 0.588. The highest BCUT2D eigenvalue weighted by molar-refractivity contribution is 7.93. The standard InChI is InChI=1S/C11H15Cl2N2O2S/c1-15(2)6-5-14-18(16,17)8-9-3-4-10(12)11(13)7-9/h3-4,7H,5-6,8H2,1-2H3/q-1/p+1. The van der Waals surface area contributed by atoms with Crippen LogP contribution in [-0.2, 0) is 15.8 Å². The monoisotopic (exact) mass is 310 g/mol. The predicted octanol–water partition coefficient (Wildman–Crippen LogP) is 1.34. The summed E-state index contributed by atoms with van der Waals surface area (Å²) < 4.78 is 27.2. The molecule has 0 aromatic heterocycles. The molecular formula is C11H16Cl2N2O2S. The van der Waals surface area contributed by atoms with Gasteiger partial charge in [-0.1, -0.05) is 35.8 Å². The zero-order valence-electron chi connectivity index (χ0n) is 10.3. The summed E-state index contributed by atoms with van der Waals surface area (Å²) in [6.07, 6.45) is 0. The van der Waals surface area contributed by atoms with Crippen molar-refractivity contribution in [1.82, 2.24) is 0 Å². The summed E-state index contributed by atoms with van der Waals surface area (Å²) in [6.45, 7) is 0.979. The quantitative estimate of drug-likeness (QED) is 0.862. The largest absolute Gasteiger partial charge is 0.544 e. The maximum absolute atomic E-state index is 11.7. The number of likely N-dealkylation sites (N-methyl/N-ethyl adjacent to an activating group) is 1. The molecule has 0 saturated carbocycles. The fourth-order valence-electron chi connectivity index (χ4n) is 1.29. The van der Waals surface area contributed by atoms with E-state index in [-0.39, 0.29) is 5.75 Å². The lowest BCUT2D eigenvalue weighted by molar-refractivity contribution is -0.856. The van der Waals surface area contributed by atoms with Crippen molar-refractivity contribution in [1.29, 1.82) is 0 Å². The molecule has 0 saturated heterocycles. The molecule has 0 radical (unpaired) electrons. The molecule has 18 heavy (non-hydrogen) atoms. The smallest absolute Gasteiger partial charge is 0.0765 e. The fraction of sp³-hybridized carbons (Fsp3) is 0.455. The van der Waals surface area contributed by atoms with Gasteiger partial charge in [0.2, 0.25) is 0 Å². The summed E-state index contributed by atoms with van der Waals surface area (Å²) in [5, 5.41) is 0.757. The number of sulfonamides is 1. The van der Waals surface area contributed by atoms with E-state index in [1.54, 1.807) is 18.2 Å². The van der Waals surface area contributed by atoms with E-state index in [2.05, 4.69) is 4.72 Å². The van der Waals surface area contributed by atoms with E-state index in [4.69, 9.17) is 23.2 Å². The molecule has 0 bridgehead atoms. The van der Waals surface area contributed by atoms with Gasteiger partial charge in [-0.05, 0) is 17.7 Å². The first-order valence-corrected chi connectivity index (χ1v) is 7.81. The molecule has 0 aliphatic rings. The Morgan fingerprint density at radius 2 is 1.89 bits per heavy atom. The molecule has 0 spiro atoms. The van der Waals surface area contributed by atoms with Crippen LogP contribution in [0.25, 0.3) is 4.72 Å². The van der Waals surface area contributed by atoms with E-state index in [0.717, 1.165) is 4.90 Å². The zero-order chi connectivity index (χ0) is 13.8. The number of halogens is 2. The summed E-state index contributed by atoms with van der Waals surface area (Å²) in [6, 6.07) is 4.77. The van der Waals surface area contributed by atoms with Crippen LogP contribution in [0.15, 0.2) is 18.2 Å². The Hall–Kier alpha value is -0.330. The Bertz CT molecular complexity index is 504. The first kappa shape index (κ1) is 15.7. The van der Waals surface area contributed by atoms with Crippen LogP contribution in [0, 0.1) is 0 Å². The molecule has 1 aromatic rings. The van der Waals surface area contributed by atoms with Crippen LogP contribution in [0.2, 0.25) is 10.0 Å². The van der Waals surface area contributed by atoms with Crippen molar-refractivity contribution in [3.63, 3.8) is 0 Å². The number of hydrogen-bond acceptors (Lipinski definition) is 2. The number of nitrogens with one attached hydrogen (secondary N) is 1. The molecule has 0 heterocycles. The predicted molar refractivity (Wildman–Crippen MR) is 75.0 cm³/mol. The van der Waals surface area contributed by atoms with Crippen LogP contribution in [0.1, 0.15) is 5.56 Å². The molecule has 0 amide bonds. The molecular weight excluding hydrogens is 295 g/mol. The summed E-state index contributed by atoms with van der Waals surface area (Å²) >= 11 is 11.6. The van der Waals surface area contributed by atoms with Gasteiger partial charge < -0.3 is 9.62 Å². The van der Waals surface area contributed by atoms with Crippen molar-refractivity contribution in [3.8, 4) is 0 Å². The fourth-order valence-corrected chi connectivity index (χ4v) is 2.68. The van der Waals surface area contributed by atoms with Crippen molar-refractivity contribution < 1.29 is 13.3 Å². The first-order chi connectivity index (χ1) is 8.30. The highest BCUT2D eigenvalue weighted by atomic mass is 35.5. The van der Waals surface area contributed by atoms with Crippen molar-refractivity contribution in [2.24, 2.45) is 0 Å². The van der Waals surface area contributed by atoms with E-state index in [1.165, 1.54) is 0 Å². The Kier molecular flexibility index (Phi) is 5.88. The van der Waals surface area contributed by atoms with Gasteiger partial charge in [0.05, 0.1) is 46.5 Å². The van der Waals surface area contributed by atoms with Gasteiger partial charge in [0.15, 0.2) is 0 Å². The normalized spacial score (nSPS) is 12.1. The molecule has 0 aliphatic heterocycles. The van der Waals surface area contributed by atoms with Gasteiger partial charge in [-0.3, -0.25) is 0 Å². The molecule has 1 aromatic carbocycles. The van der Waals surface area contributed by atoms with Gasteiger partial charge in [-0.2, -0.15) is 0 Å². The average Bonchev–Trinajstić information content (AvgIpc) is 2.22. The van der Waals surface area contributed by atoms with Crippen molar-refractivity contribution in [3.05, 3.63) is 38.5 Å². The topological polar surface area (TPSA) is 52.7 Å². The third-order valence-corrected chi connectivity index (χ3v) is 4.25. The molecule has 0 unspecified atom stereocenters. The van der Waals surface area contributed by atoms with E-state index in [0.29, 0.717) is 28.7 Å². The van der Waals surface area contributed by atoms with Gasteiger partial charge in [0.25, 0.3) is 0 Å². The second kappa shape index (κ2) is 6.73. The molecule has 0 atom stereocenters. The summed E-state index contributed by atoms with van der Waals surface area (Å²) in [4.78, 5) is 1.16. The maximum atomic E-state index is 11.7. The lowest BCUT2D eigenvalue weighted by Crippen LogP contribution is -3.06. The van der Waals surface area contributed by atoms with Gasteiger partial charge in [-0.15, -0.1) is 0 Å². The molecule has 0 fully saturated rings. The van der Waals surface area contributed by atoms with Crippen LogP contribution < -0.4 is 4.90 Å². The third kappa shape index (κ3) is 5.54. The second-order valence-corrected chi connectivity index (χ2v) is 6.81. The molecule has 4 nitrogen and oxygen atoms in total. The van der Waals surface area contributed by atoms with Crippen molar-refractivity contribution in [2.75, 3.05) is 27.2 Å². The molecule has 1 N–H and O–H groups in total. The van der Waals surface area contributed by atoms with Crippen LogP contribution in [0.4, 0.5) is 0 Å². The van der Waals surface area contributed by atoms with Crippen LogP contribution >= 0.6 is 23.2 Å². The number of hydrogen-bond donors (Lipinski definition) is 1. The van der Waals surface area contributed by atoms with Gasteiger partial charge in [0, 0.05) is 0 Å². The second-order valence-electron chi connectivity index (χ2n) is 4.28. The highest BCUT2D eigenvalue weighted by Gasteiger charge is 2.05. The molecule has 7 heteroatoms. The average molecular weight is 311 g/mol. The van der Waals surface area contributed by atoms with Gasteiger partial charge in [0.1, 0.15) is 0 Å². The maximum Gasteiger partial charge on any atom is 0.0765 e. The number of nitrogens with zero attached hydrogens (tertiary/aromatic N) is 1. The minimum atomic E-state index is -3.45. The SMILES string of the molecule is C[NH+](C)CC[N-]S(=O)(=O)Cc1ccc(Cl)c(Cl)c1. The van der Waals surface area contributed by atoms with E-state index >= 15 is 0 Å². The zero-order valence-corrected chi connectivity index (χ0v) is 12.6. The Balaban J connectivity index is 2.62. The lowest BCUT2D eigenvalue weighted by Gasteiger charge is -2.20. The van der Waals surface area contributed by atoms with E-state index < -0.39 is 10.0 Å². The summed E-state index contributed by atoms with van der Waals surface area (Å²) in [5.74, 6) is -0.146. The van der Waals surface area contributed by atoms with Gasteiger partial charge in [-0.25, -0.2) is 8.42 Å². The molecule has 1 rings (SSSR count). The Labute approximate surface area is 118 Å². The highest BCUT2D eigenvalue weighted by Crippen LogP contribution is 2.24. The minimum absolute atomic E-state index is 0.146. The van der Waals surface area contributed by atoms with E-state index in [9.17, 15) is 8.42 Å². The molecule has 102 valence electrons. The van der Waals surface area contributed by atoms with Crippen LogP contribution in [0.3, 0.4) is 0 Å². The van der Waals surface area contributed by atoms with Crippen LogP contribution in [0.5, 0.6) is 0 Å². The van der Waals surface area contributed by atoms with Crippen molar-refractivity contribution in [2.45, 2.75) is 5.75 Å². The number of quaternary nitrogens is 1. The number of rotatable bonds is 6. The molecule has 0 aliphatic carbocycles. The summed E-state index contributed by atoms with van der Waals surface area (Å²) in [7, 11) is 0.441. The lowest BCUT2D eigenvalue weighted by atomic mass is 10.2. The third-order valence-electron chi connectivity index (χ3n) is 2.23. The van der Waals surface area contributed by atoms with Crippen LogP contribution in [-0.4, -0.2) is 35.6 Å². The Morgan fingerprint density at radius 3 is 2.44 bits per heavy atom. The minimum Gasteiger partial charge on any atom is -0.544 e. The Morgan fingerprint density at radius 1 is 1.22 bits per heavy atom. The first-order valence-electron chi connectivity index (χ1n) is 5.44.